The van der Waals surface area contributed by atoms with Gasteiger partial charge in [0, 0.05) is 37.0 Å². The number of hydrogen-bond donors (Lipinski definition) is 1. The minimum absolute atomic E-state index is 0.000925. The van der Waals surface area contributed by atoms with Crippen LogP contribution < -0.4 is 10.9 Å². The quantitative estimate of drug-likeness (QED) is 0.377. The summed E-state index contributed by atoms with van der Waals surface area (Å²) in [6.45, 7) is 9.22. The van der Waals surface area contributed by atoms with Crippen LogP contribution in [-0.2, 0) is 24.3 Å². The topological polar surface area (TPSA) is 72.2 Å². The van der Waals surface area contributed by atoms with Gasteiger partial charge < -0.3 is 14.8 Å². The first-order valence-corrected chi connectivity index (χ1v) is 12.7. The Kier molecular flexibility index (Phi) is 6.68. The number of aryl methyl sites for hydroxylation is 2. The van der Waals surface area contributed by atoms with Crippen LogP contribution in [0.5, 0.6) is 0 Å². The maximum Gasteiger partial charge on any atom is 0.261 e. The van der Waals surface area contributed by atoms with Crippen LogP contribution in [0.2, 0.25) is 0 Å². The molecular weight excluding hydrogens is 438 g/mol. The third-order valence-electron chi connectivity index (χ3n) is 7.16. The normalized spacial score (nSPS) is 12.8. The van der Waals surface area contributed by atoms with Gasteiger partial charge in [0.15, 0.2) is 5.82 Å². The first-order chi connectivity index (χ1) is 17.1. The van der Waals surface area contributed by atoms with E-state index in [4.69, 9.17) is 4.98 Å². The van der Waals surface area contributed by atoms with Crippen molar-refractivity contribution < 1.29 is 4.79 Å². The molecular formula is C28H33N5O2. The Morgan fingerprint density at radius 3 is 2.60 bits per heavy atom. The van der Waals surface area contributed by atoms with Gasteiger partial charge >= 0.3 is 0 Å². The highest BCUT2D eigenvalue weighted by molar-refractivity contribution is 5.92. The zero-order valence-electron chi connectivity index (χ0n) is 20.6. The van der Waals surface area contributed by atoms with Gasteiger partial charge in [0.05, 0.1) is 16.6 Å². The smallest absolute Gasteiger partial charge is 0.261 e. The van der Waals surface area contributed by atoms with Crippen molar-refractivity contribution in [2.45, 2.75) is 46.2 Å². The van der Waals surface area contributed by atoms with Crippen LogP contribution in [-0.4, -0.2) is 51.1 Å². The molecule has 182 valence electrons. The van der Waals surface area contributed by atoms with Gasteiger partial charge in [0.25, 0.3) is 5.56 Å². The van der Waals surface area contributed by atoms with E-state index in [9.17, 15) is 9.59 Å². The van der Waals surface area contributed by atoms with E-state index in [0.717, 1.165) is 43.7 Å². The predicted molar refractivity (Wildman–Crippen MR) is 141 cm³/mol. The number of para-hydroxylation sites is 2. The molecule has 0 spiro atoms. The van der Waals surface area contributed by atoms with Crippen LogP contribution >= 0.6 is 0 Å². The summed E-state index contributed by atoms with van der Waals surface area (Å²) in [4.78, 5) is 33.2. The average Bonchev–Trinajstić information content (AvgIpc) is 3.22. The third-order valence-corrected chi connectivity index (χ3v) is 7.16. The van der Waals surface area contributed by atoms with Gasteiger partial charge in [-0.2, -0.15) is 0 Å². The Hall–Kier alpha value is -3.45. The summed E-state index contributed by atoms with van der Waals surface area (Å²) in [6.07, 6.45) is 2.10. The molecule has 1 aliphatic heterocycles. The summed E-state index contributed by atoms with van der Waals surface area (Å²) in [6, 6.07) is 15.8. The van der Waals surface area contributed by atoms with Crippen LogP contribution in [0.4, 0.5) is 0 Å². The van der Waals surface area contributed by atoms with Gasteiger partial charge in [-0.15, -0.1) is 0 Å². The lowest BCUT2D eigenvalue weighted by molar-refractivity contribution is -0.121. The van der Waals surface area contributed by atoms with Crippen LogP contribution in [0.25, 0.3) is 33.3 Å². The monoisotopic (exact) mass is 471 g/mol. The number of benzene rings is 2. The second-order valence-corrected chi connectivity index (χ2v) is 9.14. The summed E-state index contributed by atoms with van der Waals surface area (Å²) >= 11 is 0. The fraction of sp³-hybridized carbons (Fsp3) is 0.393. The van der Waals surface area contributed by atoms with Gasteiger partial charge in [0.1, 0.15) is 0 Å². The molecule has 1 N–H and O–H groups in total. The summed E-state index contributed by atoms with van der Waals surface area (Å²) in [5.74, 6) is 0.751. The van der Waals surface area contributed by atoms with E-state index in [2.05, 4.69) is 40.8 Å². The standard InChI is InChI=1S/C28H33N5O2/c1-3-31(4-2)17-9-16-29-25(34)15-19-32-24-13-8-6-10-20(24)21-14-18-33-27(26(21)32)30-23-12-7-5-11-22(23)28(33)35/h5-8,10-13H,3-4,9,14-19H2,1-2H3,(H,29,34). The van der Waals surface area contributed by atoms with Crippen molar-refractivity contribution in [2.75, 3.05) is 26.2 Å². The highest BCUT2D eigenvalue weighted by atomic mass is 16.1. The highest BCUT2D eigenvalue weighted by Gasteiger charge is 2.27. The number of rotatable bonds is 9. The van der Waals surface area contributed by atoms with Crippen molar-refractivity contribution in [2.24, 2.45) is 0 Å². The van der Waals surface area contributed by atoms with Crippen molar-refractivity contribution in [1.82, 2.24) is 24.3 Å². The SMILES string of the molecule is CCN(CC)CCCNC(=O)CCn1c2c(c3ccccc31)CCn1c-2nc2ccccc2c1=O. The summed E-state index contributed by atoms with van der Waals surface area (Å²) in [5, 5.41) is 4.90. The molecule has 0 saturated carbocycles. The molecule has 0 bridgehead atoms. The molecule has 0 fully saturated rings. The number of nitrogens with one attached hydrogen (secondary N) is 1. The van der Waals surface area contributed by atoms with Gasteiger partial charge in [0.2, 0.25) is 5.91 Å². The van der Waals surface area contributed by atoms with Gasteiger partial charge in [-0.05, 0) is 56.2 Å². The Morgan fingerprint density at radius 2 is 1.80 bits per heavy atom. The zero-order valence-corrected chi connectivity index (χ0v) is 20.6. The van der Waals surface area contributed by atoms with E-state index in [1.165, 1.54) is 10.9 Å². The lowest BCUT2D eigenvalue weighted by Crippen LogP contribution is -2.30. The minimum atomic E-state index is -0.000925. The van der Waals surface area contributed by atoms with Crippen LogP contribution in [0.1, 0.15) is 32.3 Å². The molecule has 0 saturated heterocycles. The average molecular weight is 472 g/mol. The van der Waals surface area contributed by atoms with Gasteiger partial charge in [-0.1, -0.05) is 44.2 Å². The molecule has 0 aliphatic carbocycles. The number of nitrogens with zero attached hydrogens (tertiary/aromatic N) is 4. The molecule has 0 atom stereocenters. The van der Waals surface area contributed by atoms with Crippen LogP contribution in [0.3, 0.4) is 0 Å². The Balaban J connectivity index is 1.43. The summed E-state index contributed by atoms with van der Waals surface area (Å²) in [7, 11) is 0. The predicted octanol–water partition coefficient (Wildman–Crippen LogP) is 3.81. The van der Waals surface area contributed by atoms with E-state index in [-0.39, 0.29) is 11.5 Å². The third kappa shape index (κ3) is 4.36. The molecule has 5 rings (SSSR count). The molecule has 3 heterocycles. The molecule has 1 aliphatic rings. The van der Waals surface area contributed by atoms with Crippen molar-refractivity contribution in [3.05, 3.63) is 64.4 Å². The van der Waals surface area contributed by atoms with Crippen LogP contribution in [0, 0.1) is 0 Å². The van der Waals surface area contributed by atoms with Crippen molar-refractivity contribution >= 4 is 27.7 Å². The Morgan fingerprint density at radius 1 is 1.06 bits per heavy atom. The summed E-state index contributed by atoms with van der Waals surface area (Å²) < 4.78 is 3.99. The highest BCUT2D eigenvalue weighted by Crippen LogP contribution is 2.36. The molecule has 4 aromatic rings. The number of carbonyl (C=O) groups excluding carboxylic acids is 1. The number of hydrogen-bond acceptors (Lipinski definition) is 4. The number of fused-ring (bicyclic) bond motifs is 6. The number of aromatic nitrogens is 3. The van der Waals surface area contributed by atoms with E-state index in [1.54, 1.807) is 4.57 Å². The zero-order chi connectivity index (χ0) is 24.4. The molecule has 0 unspecified atom stereocenters. The maximum atomic E-state index is 13.3. The molecule has 2 aromatic heterocycles. The van der Waals surface area contributed by atoms with E-state index >= 15 is 0 Å². The van der Waals surface area contributed by atoms with Crippen molar-refractivity contribution in [3.63, 3.8) is 0 Å². The Labute approximate surface area is 205 Å². The number of carbonyl (C=O) groups is 1. The first-order valence-electron chi connectivity index (χ1n) is 12.7. The van der Waals surface area contributed by atoms with Gasteiger partial charge in [-0.25, -0.2) is 4.98 Å². The molecule has 2 aromatic carbocycles. The minimum Gasteiger partial charge on any atom is -0.356 e. The molecule has 7 nitrogen and oxygen atoms in total. The largest absolute Gasteiger partial charge is 0.356 e. The van der Waals surface area contributed by atoms with Crippen molar-refractivity contribution in [1.29, 1.82) is 0 Å². The fourth-order valence-corrected chi connectivity index (χ4v) is 5.27. The van der Waals surface area contributed by atoms with E-state index in [1.807, 2.05) is 36.4 Å². The molecule has 0 radical (unpaired) electrons. The molecule has 35 heavy (non-hydrogen) atoms. The molecule has 7 heteroatoms. The number of amides is 1. The maximum absolute atomic E-state index is 13.3. The fourth-order valence-electron chi connectivity index (χ4n) is 5.27. The lowest BCUT2D eigenvalue weighted by atomic mass is 10.0. The van der Waals surface area contributed by atoms with Gasteiger partial charge in [-0.3, -0.25) is 14.2 Å². The van der Waals surface area contributed by atoms with Crippen molar-refractivity contribution in [3.8, 4) is 11.5 Å². The second kappa shape index (κ2) is 10.0. The lowest BCUT2D eigenvalue weighted by Gasteiger charge is -2.21. The summed E-state index contributed by atoms with van der Waals surface area (Å²) in [5.41, 5.74) is 3.97. The van der Waals surface area contributed by atoms with Crippen LogP contribution in [0.15, 0.2) is 53.3 Å². The molecule has 1 amide bonds. The second-order valence-electron chi connectivity index (χ2n) is 9.14. The van der Waals surface area contributed by atoms with E-state index < -0.39 is 0 Å². The first kappa shape index (κ1) is 23.3. The van der Waals surface area contributed by atoms with E-state index in [0.29, 0.717) is 42.8 Å². The Bertz CT molecular complexity index is 1430.